The van der Waals surface area contributed by atoms with E-state index in [4.69, 9.17) is 14.6 Å². The Labute approximate surface area is 142 Å². The quantitative estimate of drug-likeness (QED) is 0.259. The summed E-state index contributed by atoms with van der Waals surface area (Å²) >= 11 is 0. The molecule has 1 unspecified atom stereocenters. The van der Waals surface area contributed by atoms with Crippen LogP contribution in [-0.2, 0) is 14.3 Å². The molecule has 0 saturated heterocycles. The van der Waals surface area contributed by atoms with E-state index >= 15 is 0 Å². The van der Waals surface area contributed by atoms with E-state index in [0.29, 0.717) is 6.61 Å². The van der Waals surface area contributed by atoms with Crippen LogP contribution >= 0.6 is 0 Å². The number of aliphatic hydroxyl groups excluding tert-OH is 1. The van der Waals surface area contributed by atoms with Crippen molar-refractivity contribution in [3.63, 3.8) is 0 Å². The molecule has 0 rings (SSSR count). The lowest BCUT2D eigenvalue weighted by Crippen LogP contribution is -2.26. The number of esters is 1. The van der Waals surface area contributed by atoms with Crippen LogP contribution in [0.2, 0.25) is 0 Å². The van der Waals surface area contributed by atoms with Gasteiger partial charge in [0.25, 0.3) is 0 Å². The fourth-order valence-corrected chi connectivity index (χ4v) is 2.30. The molecule has 0 aliphatic heterocycles. The van der Waals surface area contributed by atoms with Crippen LogP contribution < -0.4 is 0 Å². The van der Waals surface area contributed by atoms with Crippen LogP contribution in [0.4, 0.5) is 0 Å². The summed E-state index contributed by atoms with van der Waals surface area (Å²) in [5.41, 5.74) is 0. The standard InChI is InChI=1S/C19H36O4/c1-3-4-5-6-7-8-9-10-11-12-13-14-15-22-17-19(16-20)23-18(2)21/h6-7,19-20H,3-5,8-17H2,1-2H3/b7-6-. The molecule has 0 bridgehead atoms. The third kappa shape index (κ3) is 17.3. The average Bonchev–Trinajstić information content (AvgIpc) is 2.53. The second-order valence-electron chi connectivity index (χ2n) is 6.01. The molecule has 4 heteroatoms. The number of allylic oxidation sites excluding steroid dienone is 2. The minimum Gasteiger partial charge on any atom is -0.458 e. The van der Waals surface area contributed by atoms with Gasteiger partial charge in [0, 0.05) is 13.5 Å². The summed E-state index contributed by atoms with van der Waals surface area (Å²) in [7, 11) is 0. The van der Waals surface area contributed by atoms with Gasteiger partial charge in [-0.2, -0.15) is 0 Å². The predicted molar refractivity (Wildman–Crippen MR) is 94.4 cm³/mol. The molecule has 1 atom stereocenters. The lowest BCUT2D eigenvalue weighted by Gasteiger charge is -2.14. The van der Waals surface area contributed by atoms with Crippen molar-refractivity contribution in [3.8, 4) is 0 Å². The Balaban J connectivity index is 3.24. The highest BCUT2D eigenvalue weighted by molar-refractivity contribution is 5.66. The van der Waals surface area contributed by atoms with E-state index < -0.39 is 6.10 Å². The number of ether oxygens (including phenoxy) is 2. The van der Waals surface area contributed by atoms with Gasteiger partial charge in [0.05, 0.1) is 13.2 Å². The highest BCUT2D eigenvalue weighted by Crippen LogP contribution is 2.08. The number of aliphatic hydroxyl groups is 1. The van der Waals surface area contributed by atoms with E-state index in [0.717, 1.165) is 6.42 Å². The van der Waals surface area contributed by atoms with E-state index in [2.05, 4.69) is 19.1 Å². The summed E-state index contributed by atoms with van der Waals surface area (Å²) in [6, 6.07) is 0. The van der Waals surface area contributed by atoms with Gasteiger partial charge in [-0.25, -0.2) is 0 Å². The van der Waals surface area contributed by atoms with Crippen LogP contribution in [0.25, 0.3) is 0 Å². The molecular weight excluding hydrogens is 292 g/mol. The first-order valence-electron chi connectivity index (χ1n) is 9.21. The van der Waals surface area contributed by atoms with Crippen molar-refractivity contribution < 1.29 is 19.4 Å². The van der Waals surface area contributed by atoms with Crippen molar-refractivity contribution in [2.75, 3.05) is 19.8 Å². The topological polar surface area (TPSA) is 55.8 Å². The van der Waals surface area contributed by atoms with Gasteiger partial charge in [-0.15, -0.1) is 0 Å². The molecule has 0 radical (unpaired) electrons. The van der Waals surface area contributed by atoms with Crippen LogP contribution in [0, 0.1) is 0 Å². The van der Waals surface area contributed by atoms with Gasteiger partial charge in [-0.3, -0.25) is 4.79 Å². The van der Waals surface area contributed by atoms with Gasteiger partial charge in [0.15, 0.2) is 0 Å². The summed E-state index contributed by atoms with van der Waals surface area (Å²) in [6.45, 7) is 4.32. The predicted octanol–water partition coefficient (Wildman–Crippen LogP) is 4.40. The molecular formula is C19H36O4. The molecule has 136 valence electrons. The molecule has 0 amide bonds. The van der Waals surface area contributed by atoms with E-state index in [-0.39, 0.29) is 19.2 Å². The van der Waals surface area contributed by atoms with E-state index in [9.17, 15) is 4.79 Å². The van der Waals surface area contributed by atoms with Crippen LogP contribution in [-0.4, -0.2) is 37.0 Å². The second-order valence-corrected chi connectivity index (χ2v) is 6.01. The summed E-state index contributed by atoms with van der Waals surface area (Å²) in [5, 5.41) is 9.02. The monoisotopic (exact) mass is 328 g/mol. The lowest BCUT2D eigenvalue weighted by molar-refractivity contribution is -0.152. The third-order valence-electron chi connectivity index (χ3n) is 3.64. The first-order chi connectivity index (χ1) is 11.2. The molecule has 0 spiro atoms. The fourth-order valence-electron chi connectivity index (χ4n) is 2.30. The number of carbonyl (C=O) groups is 1. The average molecular weight is 328 g/mol. The Morgan fingerprint density at radius 1 is 1.00 bits per heavy atom. The number of unbranched alkanes of at least 4 members (excludes halogenated alkanes) is 8. The molecule has 0 aliphatic rings. The zero-order valence-corrected chi connectivity index (χ0v) is 15.1. The van der Waals surface area contributed by atoms with Crippen molar-refractivity contribution in [3.05, 3.63) is 12.2 Å². The van der Waals surface area contributed by atoms with Gasteiger partial charge in [-0.05, 0) is 25.7 Å². The highest BCUT2D eigenvalue weighted by atomic mass is 16.6. The van der Waals surface area contributed by atoms with Crippen LogP contribution in [0.3, 0.4) is 0 Å². The van der Waals surface area contributed by atoms with Crippen LogP contribution in [0.15, 0.2) is 12.2 Å². The molecule has 0 aromatic carbocycles. The van der Waals surface area contributed by atoms with Gasteiger partial charge in [-0.1, -0.05) is 57.6 Å². The summed E-state index contributed by atoms with van der Waals surface area (Å²) in [6.07, 6.45) is 16.5. The lowest BCUT2D eigenvalue weighted by atomic mass is 10.1. The zero-order chi connectivity index (χ0) is 17.2. The maximum absolute atomic E-state index is 10.8. The highest BCUT2D eigenvalue weighted by Gasteiger charge is 2.10. The number of carbonyl (C=O) groups excluding carboxylic acids is 1. The summed E-state index contributed by atoms with van der Waals surface area (Å²) < 4.78 is 10.3. The van der Waals surface area contributed by atoms with Crippen molar-refractivity contribution >= 4 is 5.97 Å². The smallest absolute Gasteiger partial charge is 0.303 e. The minimum atomic E-state index is -0.530. The Morgan fingerprint density at radius 2 is 1.61 bits per heavy atom. The molecule has 1 N–H and O–H groups in total. The van der Waals surface area contributed by atoms with Gasteiger partial charge >= 0.3 is 5.97 Å². The summed E-state index contributed by atoms with van der Waals surface area (Å²) in [5.74, 6) is -0.382. The number of hydrogen-bond donors (Lipinski definition) is 1. The van der Waals surface area contributed by atoms with Crippen molar-refractivity contribution in [1.29, 1.82) is 0 Å². The first-order valence-corrected chi connectivity index (χ1v) is 9.21. The molecule has 0 fully saturated rings. The zero-order valence-electron chi connectivity index (χ0n) is 15.1. The third-order valence-corrected chi connectivity index (χ3v) is 3.64. The molecule has 23 heavy (non-hydrogen) atoms. The van der Waals surface area contributed by atoms with Crippen molar-refractivity contribution in [2.24, 2.45) is 0 Å². The Kier molecular flexibility index (Phi) is 16.8. The molecule has 0 aromatic heterocycles. The Bertz CT molecular complexity index is 289. The SMILES string of the molecule is CCCC/C=C\CCCCCCCCOCC(CO)OC(C)=O. The second kappa shape index (κ2) is 17.5. The van der Waals surface area contributed by atoms with Crippen LogP contribution in [0.1, 0.15) is 78.1 Å². The maximum Gasteiger partial charge on any atom is 0.303 e. The fraction of sp³-hybridized carbons (Fsp3) is 0.842. The molecule has 4 nitrogen and oxygen atoms in total. The van der Waals surface area contributed by atoms with Gasteiger partial charge < -0.3 is 14.6 Å². The maximum atomic E-state index is 10.8. The minimum absolute atomic E-state index is 0.188. The Morgan fingerprint density at radius 3 is 2.22 bits per heavy atom. The van der Waals surface area contributed by atoms with Crippen molar-refractivity contribution in [1.82, 2.24) is 0 Å². The van der Waals surface area contributed by atoms with Crippen LogP contribution in [0.5, 0.6) is 0 Å². The first kappa shape index (κ1) is 22.1. The molecule has 0 heterocycles. The van der Waals surface area contributed by atoms with Gasteiger partial charge in [0.1, 0.15) is 6.10 Å². The summed E-state index contributed by atoms with van der Waals surface area (Å²) in [4.78, 5) is 10.8. The van der Waals surface area contributed by atoms with Crippen molar-refractivity contribution in [2.45, 2.75) is 84.2 Å². The Hall–Kier alpha value is -0.870. The van der Waals surface area contributed by atoms with E-state index in [1.807, 2.05) is 0 Å². The molecule has 0 saturated carbocycles. The van der Waals surface area contributed by atoms with E-state index in [1.54, 1.807) is 0 Å². The largest absolute Gasteiger partial charge is 0.458 e. The normalized spacial score (nSPS) is 12.7. The molecule has 0 aromatic rings. The van der Waals surface area contributed by atoms with E-state index in [1.165, 1.54) is 64.7 Å². The molecule has 0 aliphatic carbocycles. The number of rotatable bonds is 16. The van der Waals surface area contributed by atoms with Gasteiger partial charge in [0.2, 0.25) is 0 Å². The number of hydrogen-bond acceptors (Lipinski definition) is 4.